The van der Waals surface area contributed by atoms with Crippen molar-refractivity contribution in [3.8, 4) is 0 Å². The summed E-state index contributed by atoms with van der Waals surface area (Å²) < 4.78 is 0. The maximum Gasteiger partial charge on any atom is 0.00652 e. The average molecular weight is 164 g/mol. The summed E-state index contributed by atoms with van der Waals surface area (Å²) in [6, 6.07) is 0. The Bertz CT molecular complexity index is 73.5. The lowest BCUT2D eigenvalue weighted by atomic mass is 9.83. The molecule has 2 heteroatoms. The lowest BCUT2D eigenvalue weighted by Gasteiger charge is -2.25. The summed E-state index contributed by atoms with van der Waals surface area (Å²) in [5, 5.41) is 0. The molecule has 1 unspecified atom stereocenters. The molecule has 0 aliphatic carbocycles. The van der Waals surface area contributed by atoms with Crippen LogP contribution in [0.4, 0.5) is 0 Å². The highest BCUT2D eigenvalue weighted by Gasteiger charge is 2.18. The molecular weight excluding hydrogens is 148 g/mol. The minimum Gasteiger partial charge on any atom is -0.111 e. The Morgan fingerprint density at radius 3 is 2.00 bits per heavy atom. The summed E-state index contributed by atoms with van der Waals surface area (Å²) in [5.41, 5.74) is 0.440. The van der Waals surface area contributed by atoms with Gasteiger partial charge in [-0.05, 0) is 11.3 Å². The smallest absolute Gasteiger partial charge is 0.00652 e. The lowest BCUT2D eigenvalue weighted by molar-refractivity contribution is 0.289. The molecular formula is C7H16S2. The fraction of sp³-hybridized carbons (Fsp3) is 1.00. The molecule has 56 valence electrons. The van der Waals surface area contributed by atoms with Crippen LogP contribution in [0.5, 0.6) is 0 Å². The molecule has 0 fully saturated rings. The molecule has 0 N–H and O–H groups in total. The average Bonchev–Trinajstić information content (AvgIpc) is 1.64. The van der Waals surface area contributed by atoms with Crippen LogP contribution in [0.2, 0.25) is 0 Å². The molecule has 0 radical (unpaired) electrons. The number of hydrogen-bond acceptors (Lipinski definition) is 2. The van der Waals surface area contributed by atoms with Gasteiger partial charge in [-0.15, -0.1) is 11.7 Å². The van der Waals surface area contributed by atoms with Crippen LogP contribution in [0, 0.1) is 11.3 Å². The van der Waals surface area contributed by atoms with Gasteiger partial charge in [0.05, 0.1) is 0 Å². The van der Waals surface area contributed by atoms with Crippen molar-refractivity contribution in [3.05, 3.63) is 0 Å². The second kappa shape index (κ2) is 3.77. The molecule has 0 aromatic heterocycles. The van der Waals surface area contributed by atoms with Gasteiger partial charge in [-0.1, -0.05) is 38.5 Å². The van der Waals surface area contributed by atoms with Crippen LogP contribution in [0.15, 0.2) is 0 Å². The van der Waals surface area contributed by atoms with Gasteiger partial charge in [0.1, 0.15) is 0 Å². The molecule has 9 heavy (non-hydrogen) atoms. The monoisotopic (exact) mass is 164 g/mol. The van der Waals surface area contributed by atoms with Crippen LogP contribution in [0.25, 0.3) is 0 Å². The van der Waals surface area contributed by atoms with E-state index in [9.17, 15) is 0 Å². The summed E-state index contributed by atoms with van der Waals surface area (Å²) in [4.78, 5) is 0. The van der Waals surface area contributed by atoms with Gasteiger partial charge < -0.3 is 0 Å². The van der Waals surface area contributed by atoms with Crippen LogP contribution in [-0.2, 0) is 0 Å². The quantitative estimate of drug-likeness (QED) is 0.483. The Labute approximate surface area is 67.6 Å². The number of rotatable bonds is 2. The normalized spacial score (nSPS) is 15.7. The van der Waals surface area contributed by atoms with Gasteiger partial charge in [0, 0.05) is 5.75 Å². The molecule has 0 amide bonds. The molecule has 0 bridgehead atoms. The maximum atomic E-state index is 4.11. The van der Waals surface area contributed by atoms with Crippen molar-refractivity contribution in [1.29, 1.82) is 0 Å². The van der Waals surface area contributed by atoms with E-state index in [-0.39, 0.29) is 0 Å². The highest BCUT2D eigenvalue weighted by atomic mass is 33.1. The minimum atomic E-state index is 0.440. The van der Waals surface area contributed by atoms with E-state index in [0.29, 0.717) is 5.41 Å². The Balaban J connectivity index is 3.59. The summed E-state index contributed by atoms with van der Waals surface area (Å²) in [6.45, 7) is 9.06. The second-order valence-corrected chi connectivity index (χ2v) is 4.93. The zero-order chi connectivity index (χ0) is 7.49. The van der Waals surface area contributed by atoms with Crippen LogP contribution in [0.1, 0.15) is 27.7 Å². The predicted molar refractivity (Wildman–Crippen MR) is 50.1 cm³/mol. The fourth-order valence-corrected chi connectivity index (χ4v) is 1.76. The van der Waals surface area contributed by atoms with Gasteiger partial charge in [0.15, 0.2) is 0 Å². The summed E-state index contributed by atoms with van der Waals surface area (Å²) in [7, 11) is 1.63. The van der Waals surface area contributed by atoms with Crippen LogP contribution in [-0.4, -0.2) is 5.75 Å². The van der Waals surface area contributed by atoms with Crippen molar-refractivity contribution in [3.63, 3.8) is 0 Å². The van der Waals surface area contributed by atoms with Crippen molar-refractivity contribution in [2.24, 2.45) is 11.3 Å². The fourth-order valence-electron chi connectivity index (χ4n) is 0.362. The number of thiol groups is 1. The van der Waals surface area contributed by atoms with Crippen molar-refractivity contribution < 1.29 is 0 Å². The molecule has 0 aromatic carbocycles. The van der Waals surface area contributed by atoms with E-state index in [1.165, 1.54) is 0 Å². The first-order valence-corrected chi connectivity index (χ1v) is 5.28. The van der Waals surface area contributed by atoms with E-state index in [0.717, 1.165) is 11.7 Å². The second-order valence-electron chi connectivity index (χ2n) is 3.56. The van der Waals surface area contributed by atoms with E-state index in [2.05, 4.69) is 39.4 Å². The van der Waals surface area contributed by atoms with Gasteiger partial charge in [-0.2, -0.15) is 0 Å². The van der Waals surface area contributed by atoms with E-state index >= 15 is 0 Å². The van der Waals surface area contributed by atoms with Crippen molar-refractivity contribution in [1.82, 2.24) is 0 Å². The van der Waals surface area contributed by atoms with Crippen LogP contribution < -0.4 is 0 Å². The molecule has 0 nitrogen and oxygen atoms in total. The molecule has 0 aromatic rings. The van der Waals surface area contributed by atoms with Gasteiger partial charge in [0.25, 0.3) is 0 Å². The summed E-state index contributed by atoms with van der Waals surface area (Å²) in [6.07, 6.45) is 0. The summed E-state index contributed by atoms with van der Waals surface area (Å²) >= 11 is 4.11. The molecule has 0 aliphatic heterocycles. The SMILES string of the molecule is CC(CSS)C(C)(C)C. The van der Waals surface area contributed by atoms with Gasteiger partial charge in [0.2, 0.25) is 0 Å². The van der Waals surface area contributed by atoms with Crippen LogP contribution >= 0.6 is 22.5 Å². The Morgan fingerprint density at radius 1 is 1.44 bits per heavy atom. The Kier molecular flexibility index (Phi) is 4.06. The summed E-state index contributed by atoms with van der Waals surface area (Å²) in [5.74, 6) is 1.90. The van der Waals surface area contributed by atoms with E-state index in [1.807, 2.05) is 0 Å². The molecule has 0 heterocycles. The zero-order valence-electron chi connectivity index (χ0n) is 6.64. The Hall–Kier alpha value is 0.700. The highest BCUT2D eigenvalue weighted by Crippen LogP contribution is 2.28. The molecule has 0 saturated carbocycles. The number of hydrogen-bond donors (Lipinski definition) is 1. The van der Waals surface area contributed by atoms with E-state index in [1.54, 1.807) is 10.8 Å². The van der Waals surface area contributed by atoms with Gasteiger partial charge in [-0.25, -0.2) is 0 Å². The first-order chi connectivity index (χ1) is 3.98. The van der Waals surface area contributed by atoms with Crippen molar-refractivity contribution in [2.45, 2.75) is 27.7 Å². The predicted octanol–water partition coefficient (Wildman–Crippen LogP) is 3.25. The first-order valence-electron chi connectivity index (χ1n) is 3.25. The standard InChI is InChI=1S/C7H16S2/c1-6(5-9-8)7(2,3)4/h6,8H,5H2,1-4H3. The van der Waals surface area contributed by atoms with Crippen LogP contribution in [0.3, 0.4) is 0 Å². The first kappa shape index (κ1) is 9.70. The third kappa shape index (κ3) is 4.15. The van der Waals surface area contributed by atoms with Crippen molar-refractivity contribution in [2.75, 3.05) is 5.75 Å². The third-order valence-corrected chi connectivity index (χ3v) is 2.90. The minimum absolute atomic E-state index is 0.440. The maximum absolute atomic E-state index is 4.11. The molecule has 0 spiro atoms. The Morgan fingerprint density at radius 2 is 1.89 bits per heavy atom. The zero-order valence-corrected chi connectivity index (χ0v) is 8.35. The van der Waals surface area contributed by atoms with E-state index < -0.39 is 0 Å². The molecule has 0 saturated heterocycles. The van der Waals surface area contributed by atoms with Crippen molar-refractivity contribution >= 4 is 22.5 Å². The highest BCUT2D eigenvalue weighted by molar-refractivity contribution is 8.68. The lowest BCUT2D eigenvalue weighted by Crippen LogP contribution is -2.18. The van der Waals surface area contributed by atoms with E-state index in [4.69, 9.17) is 0 Å². The largest absolute Gasteiger partial charge is 0.111 e. The van der Waals surface area contributed by atoms with Gasteiger partial charge >= 0.3 is 0 Å². The topological polar surface area (TPSA) is 0 Å². The molecule has 0 rings (SSSR count). The van der Waals surface area contributed by atoms with Gasteiger partial charge in [-0.3, -0.25) is 0 Å². The third-order valence-electron chi connectivity index (χ3n) is 1.80. The molecule has 1 atom stereocenters. The molecule has 0 aliphatic rings.